The largest absolute Gasteiger partial charge is 0.328 e. The van der Waals surface area contributed by atoms with Crippen LogP contribution in [0.15, 0.2) is 49.1 Å². The molecule has 138 valence electrons. The highest BCUT2D eigenvalue weighted by molar-refractivity contribution is 6.30. The molecule has 0 N–H and O–H groups in total. The summed E-state index contributed by atoms with van der Waals surface area (Å²) in [4.78, 5) is 27.9. The molecule has 1 aliphatic carbocycles. The van der Waals surface area contributed by atoms with Gasteiger partial charge in [0.1, 0.15) is 6.33 Å². The SMILES string of the molecule is CC(c1ncnn1-c1ncccn1)N(CC1CC1)C(=O)c1ccc(Cl)cc1. The van der Waals surface area contributed by atoms with Crippen LogP contribution in [0.25, 0.3) is 5.95 Å². The maximum Gasteiger partial charge on any atom is 0.254 e. The number of benzene rings is 1. The Balaban J connectivity index is 1.66. The maximum atomic E-state index is 13.2. The van der Waals surface area contributed by atoms with E-state index in [1.807, 2.05) is 11.8 Å². The van der Waals surface area contributed by atoms with E-state index in [2.05, 4.69) is 20.1 Å². The summed E-state index contributed by atoms with van der Waals surface area (Å²) in [6.07, 6.45) is 7.06. The van der Waals surface area contributed by atoms with E-state index in [1.54, 1.807) is 47.4 Å². The van der Waals surface area contributed by atoms with E-state index < -0.39 is 0 Å². The lowest BCUT2D eigenvalue weighted by atomic mass is 10.1. The predicted octanol–water partition coefficient (Wildman–Crippen LogP) is 3.32. The number of amides is 1. The zero-order valence-corrected chi connectivity index (χ0v) is 15.6. The molecule has 1 atom stereocenters. The number of hydrogen-bond donors (Lipinski definition) is 0. The molecule has 0 saturated heterocycles. The molecule has 7 nitrogen and oxygen atoms in total. The van der Waals surface area contributed by atoms with Crippen LogP contribution in [0.5, 0.6) is 0 Å². The van der Waals surface area contributed by atoms with Crippen LogP contribution in [-0.2, 0) is 0 Å². The summed E-state index contributed by atoms with van der Waals surface area (Å²) in [6.45, 7) is 2.64. The van der Waals surface area contributed by atoms with Crippen molar-refractivity contribution < 1.29 is 4.79 Å². The number of hydrogen-bond acceptors (Lipinski definition) is 5. The monoisotopic (exact) mass is 382 g/mol. The molecule has 1 fully saturated rings. The minimum atomic E-state index is -0.278. The van der Waals surface area contributed by atoms with E-state index in [-0.39, 0.29) is 11.9 Å². The van der Waals surface area contributed by atoms with Gasteiger partial charge in [-0.15, -0.1) is 0 Å². The smallest absolute Gasteiger partial charge is 0.254 e. The lowest BCUT2D eigenvalue weighted by Gasteiger charge is -2.29. The van der Waals surface area contributed by atoms with E-state index >= 15 is 0 Å². The van der Waals surface area contributed by atoms with Gasteiger partial charge >= 0.3 is 0 Å². The van der Waals surface area contributed by atoms with Crippen molar-refractivity contribution in [3.63, 3.8) is 0 Å². The van der Waals surface area contributed by atoms with Gasteiger partial charge < -0.3 is 4.90 Å². The lowest BCUT2D eigenvalue weighted by Crippen LogP contribution is -2.36. The Labute approximate surface area is 162 Å². The fourth-order valence-electron chi connectivity index (χ4n) is 2.98. The van der Waals surface area contributed by atoms with Crippen LogP contribution in [0.2, 0.25) is 5.02 Å². The first kappa shape index (κ1) is 17.6. The number of aromatic nitrogens is 5. The number of halogens is 1. The second-order valence-corrected chi connectivity index (χ2v) is 7.10. The van der Waals surface area contributed by atoms with Gasteiger partial charge in [-0.2, -0.15) is 9.78 Å². The van der Waals surface area contributed by atoms with Crippen molar-refractivity contribution in [1.29, 1.82) is 0 Å². The molecule has 27 heavy (non-hydrogen) atoms. The molecule has 1 amide bonds. The highest BCUT2D eigenvalue weighted by Gasteiger charge is 2.32. The van der Waals surface area contributed by atoms with Crippen molar-refractivity contribution in [3.05, 3.63) is 65.5 Å². The quantitative estimate of drug-likeness (QED) is 0.653. The molecule has 3 aromatic rings. The van der Waals surface area contributed by atoms with Gasteiger partial charge in [0.05, 0.1) is 6.04 Å². The molecule has 0 radical (unpaired) electrons. The summed E-state index contributed by atoms with van der Waals surface area (Å²) in [5.74, 6) is 1.55. The zero-order valence-electron chi connectivity index (χ0n) is 14.9. The van der Waals surface area contributed by atoms with Crippen LogP contribution < -0.4 is 0 Å². The third-order valence-corrected chi connectivity index (χ3v) is 4.91. The summed E-state index contributed by atoms with van der Waals surface area (Å²) in [5.41, 5.74) is 0.605. The summed E-state index contributed by atoms with van der Waals surface area (Å²) >= 11 is 5.96. The second kappa shape index (κ2) is 7.44. The van der Waals surface area contributed by atoms with Gasteiger partial charge in [0.15, 0.2) is 5.82 Å². The van der Waals surface area contributed by atoms with Crippen molar-refractivity contribution in [1.82, 2.24) is 29.6 Å². The van der Waals surface area contributed by atoms with Crippen molar-refractivity contribution >= 4 is 17.5 Å². The van der Waals surface area contributed by atoms with E-state index in [0.29, 0.717) is 34.8 Å². The topological polar surface area (TPSA) is 76.8 Å². The minimum Gasteiger partial charge on any atom is -0.328 e. The predicted molar refractivity (Wildman–Crippen MR) is 101 cm³/mol. The van der Waals surface area contributed by atoms with Gasteiger partial charge in [-0.1, -0.05) is 11.6 Å². The average Bonchev–Trinajstić information content (AvgIpc) is 3.39. The van der Waals surface area contributed by atoms with Crippen molar-refractivity contribution in [2.45, 2.75) is 25.8 Å². The highest BCUT2D eigenvalue weighted by atomic mass is 35.5. The number of rotatable bonds is 6. The second-order valence-electron chi connectivity index (χ2n) is 6.66. The highest BCUT2D eigenvalue weighted by Crippen LogP contribution is 2.33. The van der Waals surface area contributed by atoms with Gasteiger partial charge in [0.2, 0.25) is 0 Å². The minimum absolute atomic E-state index is 0.0467. The van der Waals surface area contributed by atoms with E-state index in [1.165, 1.54) is 6.33 Å². The third-order valence-electron chi connectivity index (χ3n) is 4.66. The van der Waals surface area contributed by atoms with Gasteiger partial charge in [-0.25, -0.2) is 15.0 Å². The molecule has 2 aromatic heterocycles. The fraction of sp³-hybridized carbons (Fsp3) is 0.316. The first-order valence-electron chi connectivity index (χ1n) is 8.87. The Morgan fingerprint density at radius 3 is 2.59 bits per heavy atom. The molecule has 1 unspecified atom stereocenters. The third kappa shape index (κ3) is 3.83. The number of carbonyl (C=O) groups excluding carboxylic acids is 1. The van der Waals surface area contributed by atoms with Crippen LogP contribution in [-0.4, -0.2) is 42.1 Å². The Bertz CT molecular complexity index is 923. The molecular formula is C19H19ClN6O. The van der Waals surface area contributed by atoms with Gasteiger partial charge in [-0.3, -0.25) is 4.79 Å². The number of nitrogens with zero attached hydrogens (tertiary/aromatic N) is 6. The Morgan fingerprint density at radius 1 is 1.22 bits per heavy atom. The summed E-state index contributed by atoms with van der Waals surface area (Å²) in [5, 5.41) is 4.86. The Hall–Kier alpha value is -2.80. The maximum absolute atomic E-state index is 13.2. The molecule has 1 aromatic carbocycles. The fourth-order valence-corrected chi connectivity index (χ4v) is 3.11. The molecule has 8 heteroatoms. The van der Waals surface area contributed by atoms with Crippen LogP contribution >= 0.6 is 11.6 Å². The standard InChI is InChI=1S/C19H19ClN6O/c1-13(17-23-12-24-26(17)19-21-9-2-10-22-19)25(11-14-3-4-14)18(27)15-5-7-16(20)8-6-15/h2,5-10,12-14H,3-4,11H2,1H3. The van der Waals surface area contributed by atoms with Crippen LogP contribution in [0.4, 0.5) is 0 Å². The van der Waals surface area contributed by atoms with E-state index in [0.717, 1.165) is 12.8 Å². The van der Waals surface area contributed by atoms with E-state index in [4.69, 9.17) is 11.6 Å². The first-order chi connectivity index (χ1) is 13.1. The molecule has 4 rings (SSSR count). The van der Waals surface area contributed by atoms with Gasteiger partial charge in [-0.05, 0) is 56.0 Å². The summed E-state index contributed by atoms with van der Waals surface area (Å²) < 4.78 is 1.58. The number of carbonyl (C=O) groups is 1. The van der Waals surface area contributed by atoms with Gasteiger partial charge in [0.25, 0.3) is 11.9 Å². The first-order valence-corrected chi connectivity index (χ1v) is 9.25. The van der Waals surface area contributed by atoms with E-state index in [9.17, 15) is 4.79 Å². The molecule has 0 aliphatic heterocycles. The molecule has 1 aliphatic rings. The van der Waals surface area contributed by atoms with Crippen molar-refractivity contribution in [2.24, 2.45) is 5.92 Å². The van der Waals surface area contributed by atoms with Gasteiger partial charge in [0, 0.05) is 29.5 Å². The normalized spacial score (nSPS) is 14.7. The molecule has 0 bridgehead atoms. The molecular weight excluding hydrogens is 364 g/mol. The van der Waals surface area contributed by atoms with Crippen molar-refractivity contribution in [2.75, 3.05) is 6.54 Å². The summed E-state index contributed by atoms with van der Waals surface area (Å²) in [6, 6.07) is 8.43. The Morgan fingerprint density at radius 2 is 1.93 bits per heavy atom. The molecule has 0 spiro atoms. The van der Waals surface area contributed by atoms with Crippen LogP contribution in [0.1, 0.15) is 42.0 Å². The van der Waals surface area contributed by atoms with Crippen LogP contribution in [0.3, 0.4) is 0 Å². The average molecular weight is 383 g/mol. The Kier molecular flexibility index (Phi) is 4.85. The molecule has 2 heterocycles. The molecule has 1 saturated carbocycles. The van der Waals surface area contributed by atoms with Crippen LogP contribution in [0, 0.1) is 5.92 Å². The lowest BCUT2D eigenvalue weighted by molar-refractivity contribution is 0.0670. The summed E-state index contributed by atoms with van der Waals surface area (Å²) in [7, 11) is 0. The van der Waals surface area contributed by atoms with Crippen molar-refractivity contribution in [3.8, 4) is 5.95 Å². The zero-order chi connectivity index (χ0) is 18.8.